The van der Waals surface area contributed by atoms with Crippen molar-refractivity contribution in [1.82, 2.24) is 14.8 Å². The topological polar surface area (TPSA) is 78.3 Å². The molecular weight excluding hydrogens is 400 g/mol. The van der Waals surface area contributed by atoms with Gasteiger partial charge in [-0.05, 0) is 68.3 Å². The van der Waals surface area contributed by atoms with Crippen LogP contribution in [0.15, 0.2) is 47.6 Å². The molecule has 0 fully saturated rings. The number of hydrogen-bond acceptors (Lipinski definition) is 6. The van der Waals surface area contributed by atoms with Crippen LogP contribution in [0.4, 0.5) is 5.69 Å². The van der Waals surface area contributed by atoms with Gasteiger partial charge in [-0.25, -0.2) is 0 Å². The Labute approximate surface area is 180 Å². The lowest BCUT2D eigenvalue weighted by molar-refractivity contribution is -0.113. The summed E-state index contributed by atoms with van der Waals surface area (Å²) in [4.78, 5) is 12.3. The van der Waals surface area contributed by atoms with Gasteiger partial charge in [0, 0.05) is 12.7 Å². The number of anilines is 1. The summed E-state index contributed by atoms with van der Waals surface area (Å²) >= 11 is 1.34. The predicted molar refractivity (Wildman–Crippen MR) is 118 cm³/mol. The van der Waals surface area contributed by atoms with Crippen LogP contribution in [0.1, 0.15) is 30.0 Å². The van der Waals surface area contributed by atoms with E-state index in [9.17, 15) is 4.79 Å². The molecule has 3 aromatic rings. The van der Waals surface area contributed by atoms with E-state index >= 15 is 0 Å². The number of carbonyl (C=O) groups is 1. The molecule has 0 spiro atoms. The normalized spacial score (nSPS) is 11.8. The number of methoxy groups -OCH3 is 1. The quantitative estimate of drug-likeness (QED) is 0.541. The van der Waals surface area contributed by atoms with Gasteiger partial charge in [0.1, 0.15) is 11.5 Å². The summed E-state index contributed by atoms with van der Waals surface area (Å²) in [5.41, 5.74) is 3.03. The standard InChI is InChI=1S/C22H26N4O3S/c1-14-10-15(2)12-17(11-14)23-20(27)13-30-22-25-24-21(26(22)4)16(3)29-19-8-6-18(28-5)7-9-19/h6-12,16H,13H2,1-5H3,(H,23,27). The third-order valence-electron chi connectivity index (χ3n) is 4.44. The number of aromatic nitrogens is 3. The second kappa shape index (κ2) is 9.67. The van der Waals surface area contributed by atoms with Gasteiger partial charge in [-0.2, -0.15) is 0 Å². The fourth-order valence-corrected chi connectivity index (χ4v) is 3.81. The third kappa shape index (κ3) is 5.54. The SMILES string of the molecule is COc1ccc(OC(C)c2nnc(SCC(=O)Nc3cc(C)cc(C)c3)n2C)cc1. The number of amides is 1. The van der Waals surface area contributed by atoms with Crippen LogP contribution in [-0.2, 0) is 11.8 Å². The van der Waals surface area contributed by atoms with Crippen molar-refractivity contribution in [2.45, 2.75) is 32.0 Å². The molecule has 0 aliphatic rings. The van der Waals surface area contributed by atoms with E-state index in [4.69, 9.17) is 9.47 Å². The van der Waals surface area contributed by atoms with Gasteiger partial charge in [-0.1, -0.05) is 17.8 Å². The number of nitrogens with zero attached hydrogens (tertiary/aromatic N) is 3. The van der Waals surface area contributed by atoms with Gasteiger partial charge in [0.2, 0.25) is 5.91 Å². The van der Waals surface area contributed by atoms with E-state index in [1.807, 2.05) is 68.8 Å². The zero-order chi connectivity index (χ0) is 21.7. The van der Waals surface area contributed by atoms with Crippen LogP contribution in [0.3, 0.4) is 0 Å². The summed E-state index contributed by atoms with van der Waals surface area (Å²) in [6, 6.07) is 13.4. The summed E-state index contributed by atoms with van der Waals surface area (Å²) in [5, 5.41) is 12.0. The molecule has 1 unspecified atom stereocenters. The van der Waals surface area contributed by atoms with E-state index in [2.05, 4.69) is 21.6 Å². The monoisotopic (exact) mass is 426 g/mol. The molecule has 7 nitrogen and oxygen atoms in total. The Kier molecular flexibility index (Phi) is 6.99. The molecule has 1 aromatic heterocycles. The zero-order valence-electron chi connectivity index (χ0n) is 17.8. The minimum Gasteiger partial charge on any atom is -0.497 e. The first kappa shape index (κ1) is 21.7. The zero-order valence-corrected chi connectivity index (χ0v) is 18.6. The van der Waals surface area contributed by atoms with Gasteiger partial charge in [0.15, 0.2) is 17.1 Å². The van der Waals surface area contributed by atoms with Crippen molar-refractivity contribution in [3.63, 3.8) is 0 Å². The number of benzene rings is 2. The minimum atomic E-state index is -0.297. The average molecular weight is 427 g/mol. The van der Waals surface area contributed by atoms with Gasteiger partial charge < -0.3 is 19.4 Å². The Hall–Kier alpha value is -3.00. The van der Waals surface area contributed by atoms with Gasteiger partial charge in [0.05, 0.1) is 12.9 Å². The molecular formula is C22H26N4O3S. The molecule has 0 radical (unpaired) electrons. The molecule has 0 saturated carbocycles. The summed E-state index contributed by atoms with van der Waals surface area (Å²) < 4.78 is 13.0. The maximum absolute atomic E-state index is 12.3. The van der Waals surface area contributed by atoms with E-state index in [1.54, 1.807) is 7.11 Å². The van der Waals surface area contributed by atoms with Crippen LogP contribution < -0.4 is 14.8 Å². The predicted octanol–water partition coefficient (Wildman–Crippen LogP) is 4.31. The van der Waals surface area contributed by atoms with E-state index in [0.717, 1.165) is 22.6 Å². The largest absolute Gasteiger partial charge is 0.497 e. The lowest BCUT2D eigenvalue weighted by atomic mass is 10.1. The van der Waals surface area contributed by atoms with Gasteiger partial charge >= 0.3 is 0 Å². The van der Waals surface area contributed by atoms with E-state index in [0.29, 0.717) is 16.7 Å². The summed E-state index contributed by atoms with van der Waals surface area (Å²) in [6.45, 7) is 5.93. The average Bonchev–Trinajstić information content (AvgIpc) is 3.06. The molecule has 158 valence electrons. The first-order chi connectivity index (χ1) is 14.4. The number of nitrogens with one attached hydrogen (secondary N) is 1. The second-order valence-electron chi connectivity index (χ2n) is 7.05. The molecule has 0 bridgehead atoms. The molecule has 0 saturated heterocycles. The Balaban J connectivity index is 1.58. The van der Waals surface area contributed by atoms with Crippen LogP contribution in [0.5, 0.6) is 11.5 Å². The van der Waals surface area contributed by atoms with Crippen molar-refractivity contribution in [2.75, 3.05) is 18.2 Å². The van der Waals surface area contributed by atoms with Gasteiger partial charge in [-0.3, -0.25) is 4.79 Å². The highest BCUT2D eigenvalue weighted by Crippen LogP contribution is 2.25. The fraction of sp³-hybridized carbons (Fsp3) is 0.318. The molecule has 1 amide bonds. The Morgan fingerprint density at radius 3 is 2.37 bits per heavy atom. The highest BCUT2D eigenvalue weighted by Gasteiger charge is 2.18. The van der Waals surface area contributed by atoms with Crippen LogP contribution in [0.2, 0.25) is 0 Å². The van der Waals surface area contributed by atoms with E-state index < -0.39 is 0 Å². The summed E-state index contributed by atoms with van der Waals surface area (Å²) in [7, 11) is 3.49. The Bertz CT molecular complexity index is 997. The molecule has 0 aliphatic heterocycles. The van der Waals surface area contributed by atoms with Crippen molar-refractivity contribution >= 4 is 23.4 Å². The molecule has 0 aliphatic carbocycles. The molecule has 2 aromatic carbocycles. The molecule has 1 atom stereocenters. The number of rotatable bonds is 8. The number of aryl methyl sites for hydroxylation is 2. The maximum Gasteiger partial charge on any atom is 0.234 e. The van der Waals surface area contributed by atoms with Crippen molar-refractivity contribution in [2.24, 2.45) is 7.05 Å². The van der Waals surface area contributed by atoms with Crippen LogP contribution in [0.25, 0.3) is 0 Å². The molecule has 1 heterocycles. The number of thioether (sulfide) groups is 1. The molecule has 8 heteroatoms. The van der Waals surface area contributed by atoms with Crippen molar-refractivity contribution in [1.29, 1.82) is 0 Å². The lowest BCUT2D eigenvalue weighted by Gasteiger charge is -2.14. The number of ether oxygens (including phenoxy) is 2. The minimum absolute atomic E-state index is 0.0860. The first-order valence-electron chi connectivity index (χ1n) is 9.56. The lowest BCUT2D eigenvalue weighted by Crippen LogP contribution is -2.15. The van der Waals surface area contributed by atoms with Crippen molar-refractivity contribution in [3.8, 4) is 11.5 Å². The number of carbonyl (C=O) groups excluding carboxylic acids is 1. The van der Waals surface area contributed by atoms with Crippen molar-refractivity contribution in [3.05, 3.63) is 59.4 Å². The van der Waals surface area contributed by atoms with E-state index in [1.165, 1.54) is 11.8 Å². The fourth-order valence-electron chi connectivity index (χ4n) is 3.09. The third-order valence-corrected chi connectivity index (χ3v) is 5.46. The first-order valence-corrected chi connectivity index (χ1v) is 10.5. The maximum atomic E-state index is 12.3. The van der Waals surface area contributed by atoms with Crippen LogP contribution in [0, 0.1) is 13.8 Å². The summed E-state index contributed by atoms with van der Waals surface area (Å²) in [6.07, 6.45) is -0.297. The molecule has 1 N–H and O–H groups in total. The van der Waals surface area contributed by atoms with E-state index in [-0.39, 0.29) is 17.8 Å². The molecule has 30 heavy (non-hydrogen) atoms. The van der Waals surface area contributed by atoms with Crippen LogP contribution in [-0.4, -0.2) is 33.5 Å². The smallest absolute Gasteiger partial charge is 0.234 e. The van der Waals surface area contributed by atoms with Crippen molar-refractivity contribution < 1.29 is 14.3 Å². The second-order valence-corrected chi connectivity index (χ2v) is 7.99. The van der Waals surface area contributed by atoms with Gasteiger partial charge in [-0.15, -0.1) is 10.2 Å². The number of hydrogen-bond donors (Lipinski definition) is 1. The Morgan fingerprint density at radius 1 is 1.10 bits per heavy atom. The Morgan fingerprint density at radius 2 is 1.73 bits per heavy atom. The van der Waals surface area contributed by atoms with Gasteiger partial charge in [0.25, 0.3) is 0 Å². The van der Waals surface area contributed by atoms with Crippen LogP contribution >= 0.6 is 11.8 Å². The molecule has 3 rings (SSSR count). The summed E-state index contributed by atoms with van der Waals surface area (Å²) in [5.74, 6) is 2.33. The highest BCUT2D eigenvalue weighted by molar-refractivity contribution is 7.99. The highest BCUT2D eigenvalue weighted by atomic mass is 32.2.